The Bertz CT molecular complexity index is 1430. The van der Waals surface area contributed by atoms with E-state index in [-0.39, 0.29) is 0 Å². The molecule has 0 radical (unpaired) electrons. The van der Waals surface area contributed by atoms with Crippen molar-refractivity contribution < 1.29 is 28.5 Å². The van der Waals surface area contributed by atoms with Gasteiger partial charge in [-0.1, -0.05) is 42.5 Å². The van der Waals surface area contributed by atoms with Crippen LogP contribution in [-0.2, 0) is 13.1 Å². The molecule has 0 heterocycles. The maximum absolute atomic E-state index is 12.6. The van der Waals surface area contributed by atoms with Gasteiger partial charge in [-0.2, -0.15) is 0 Å². The van der Waals surface area contributed by atoms with Crippen LogP contribution in [0, 0.1) is 0 Å². The summed E-state index contributed by atoms with van der Waals surface area (Å²) in [6.07, 6.45) is 0. The first-order valence-electron chi connectivity index (χ1n) is 12.9. The largest absolute Gasteiger partial charge is 0.497 e. The molecule has 2 N–H and O–H groups in total. The number of benzene rings is 4. The SMILES string of the molecule is COc1ccc(CN(Cc2ccc(C(=O)NNC(=O)c3ccccc3)cc2)c2cc(OC)c(OC)c(OC)c2)cc1. The minimum Gasteiger partial charge on any atom is -0.497 e. The van der Waals surface area contributed by atoms with E-state index in [0.717, 1.165) is 22.6 Å². The number of carbonyl (C=O) groups excluding carboxylic acids is 2. The van der Waals surface area contributed by atoms with Gasteiger partial charge in [0.15, 0.2) is 11.5 Å². The third kappa shape index (κ3) is 7.27. The van der Waals surface area contributed by atoms with E-state index >= 15 is 0 Å². The third-order valence-corrected chi connectivity index (χ3v) is 6.46. The molecule has 9 nitrogen and oxygen atoms in total. The molecule has 0 aliphatic carbocycles. The highest BCUT2D eigenvalue weighted by molar-refractivity contribution is 5.99. The Morgan fingerprint density at radius 3 is 1.56 bits per heavy atom. The van der Waals surface area contributed by atoms with Crippen molar-refractivity contribution >= 4 is 17.5 Å². The van der Waals surface area contributed by atoms with Gasteiger partial charge in [-0.15, -0.1) is 0 Å². The van der Waals surface area contributed by atoms with Gasteiger partial charge >= 0.3 is 0 Å². The summed E-state index contributed by atoms with van der Waals surface area (Å²) >= 11 is 0. The van der Waals surface area contributed by atoms with Crippen molar-refractivity contribution in [2.45, 2.75) is 13.1 Å². The Balaban J connectivity index is 1.54. The second-order valence-corrected chi connectivity index (χ2v) is 9.06. The molecule has 0 unspecified atom stereocenters. The summed E-state index contributed by atoms with van der Waals surface area (Å²) in [7, 11) is 6.38. The zero-order chi connectivity index (χ0) is 29.2. The zero-order valence-corrected chi connectivity index (χ0v) is 23.5. The van der Waals surface area contributed by atoms with Crippen LogP contribution in [-0.4, -0.2) is 40.3 Å². The fourth-order valence-corrected chi connectivity index (χ4v) is 4.27. The number of methoxy groups -OCH3 is 4. The van der Waals surface area contributed by atoms with Gasteiger partial charge in [0.05, 0.1) is 28.4 Å². The summed E-state index contributed by atoms with van der Waals surface area (Å²) in [6.45, 7) is 1.10. The molecule has 0 bridgehead atoms. The molecule has 212 valence electrons. The number of carbonyl (C=O) groups is 2. The van der Waals surface area contributed by atoms with E-state index < -0.39 is 11.8 Å². The van der Waals surface area contributed by atoms with Crippen LogP contribution in [0.25, 0.3) is 0 Å². The van der Waals surface area contributed by atoms with Crippen LogP contribution in [0.5, 0.6) is 23.0 Å². The molecule has 41 heavy (non-hydrogen) atoms. The van der Waals surface area contributed by atoms with Crippen LogP contribution in [0.4, 0.5) is 5.69 Å². The fraction of sp³-hybridized carbons (Fsp3) is 0.188. The van der Waals surface area contributed by atoms with Crippen molar-refractivity contribution in [1.29, 1.82) is 0 Å². The fourth-order valence-electron chi connectivity index (χ4n) is 4.27. The van der Waals surface area contributed by atoms with Gasteiger partial charge in [-0.25, -0.2) is 0 Å². The van der Waals surface area contributed by atoms with Gasteiger partial charge in [-0.05, 0) is 47.5 Å². The van der Waals surface area contributed by atoms with Gasteiger partial charge in [0.1, 0.15) is 5.75 Å². The average molecular weight is 556 g/mol. The number of nitrogens with zero attached hydrogens (tertiary/aromatic N) is 1. The molecule has 0 aliphatic rings. The molecule has 4 aromatic rings. The van der Waals surface area contributed by atoms with Crippen LogP contribution in [0.3, 0.4) is 0 Å². The van der Waals surface area contributed by atoms with E-state index in [1.807, 2.05) is 54.6 Å². The summed E-state index contributed by atoms with van der Waals surface area (Å²) in [4.78, 5) is 27.1. The second kappa shape index (κ2) is 13.7. The monoisotopic (exact) mass is 555 g/mol. The first-order chi connectivity index (χ1) is 19.9. The lowest BCUT2D eigenvalue weighted by atomic mass is 10.1. The van der Waals surface area contributed by atoms with Gasteiger partial charge in [0.25, 0.3) is 11.8 Å². The Labute approximate surface area is 239 Å². The maximum atomic E-state index is 12.6. The molecular weight excluding hydrogens is 522 g/mol. The zero-order valence-electron chi connectivity index (χ0n) is 23.5. The van der Waals surface area contributed by atoms with E-state index in [9.17, 15) is 9.59 Å². The first kappa shape index (κ1) is 28.8. The predicted molar refractivity (Wildman–Crippen MR) is 157 cm³/mol. The smallest absolute Gasteiger partial charge is 0.269 e. The lowest BCUT2D eigenvalue weighted by molar-refractivity contribution is 0.0846. The summed E-state index contributed by atoms with van der Waals surface area (Å²) in [6, 6.07) is 27.6. The Kier molecular flexibility index (Phi) is 9.66. The number of hydrogen-bond donors (Lipinski definition) is 2. The van der Waals surface area contributed by atoms with Crippen molar-refractivity contribution in [1.82, 2.24) is 10.9 Å². The Morgan fingerprint density at radius 2 is 1.10 bits per heavy atom. The number of hydrazine groups is 1. The van der Waals surface area contributed by atoms with E-state index in [1.54, 1.807) is 64.8 Å². The summed E-state index contributed by atoms with van der Waals surface area (Å²) in [5, 5.41) is 0. The number of amides is 2. The van der Waals surface area contributed by atoms with Crippen LogP contribution in [0.15, 0.2) is 91.0 Å². The van der Waals surface area contributed by atoms with Crippen molar-refractivity contribution in [2.24, 2.45) is 0 Å². The lowest BCUT2D eigenvalue weighted by Crippen LogP contribution is -2.41. The van der Waals surface area contributed by atoms with E-state index in [1.165, 1.54) is 0 Å². The van der Waals surface area contributed by atoms with E-state index in [0.29, 0.717) is 41.5 Å². The third-order valence-electron chi connectivity index (χ3n) is 6.46. The molecule has 0 aromatic heterocycles. The Morgan fingerprint density at radius 1 is 0.610 bits per heavy atom. The number of hydrogen-bond acceptors (Lipinski definition) is 7. The number of ether oxygens (including phenoxy) is 4. The van der Waals surface area contributed by atoms with Crippen LogP contribution in [0.2, 0.25) is 0 Å². The number of anilines is 1. The quantitative estimate of drug-likeness (QED) is 0.251. The number of rotatable bonds is 11. The highest BCUT2D eigenvalue weighted by Gasteiger charge is 2.18. The molecule has 0 aliphatic heterocycles. The normalized spacial score (nSPS) is 10.3. The molecule has 0 spiro atoms. The summed E-state index contributed by atoms with van der Waals surface area (Å²) in [5.74, 6) is 1.58. The van der Waals surface area contributed by atoms with Crippen molar-refractivity contribution in [3.05, 3.63) is 113 Å². The topological polar surface area (TPSA) is 98.4 Å². The Hall–Kier alpha value is -5.18. The highest BCUT2D eigenvalue weighted by Crippen LogP contribution is 2.41. The van der Waals surface area contributed by atoms with Crippen LogP contribution < -0.4 is 34.7 Å². The molecule has 9 heteroatoms. The molecular formula is C32H33N3O6. The van der Waals surface area contributed by atoms with Gasteiger partial charge in [0.2, 0.25) is 5.75 Å². The van der Waals surface area contributed by atoms with Crippen LogP contribution in [0.1, 0.15) is 31.8 Å². The van der Waals surface area contributed by atoms with Gasteiger partial charge < -0.3 is 23.8 Å². The van der Waals surface area contributed by atoms with Crippen molar-refractivity contribution in [2.75, 3.05) is 33.3 Å². The molecule has 4 rings (SSSR count). The molecule has 0 saturated carbocycles. The van der Waals surface area contributed by atoms with Crippen molar-refractivity contribution in [3.8, 4) is 23.0 Å². The average Bonchev–Trinajstić information content (AvgIpc) is 3.03. The lowest BCUT2D eigenvalue weighted by Gasteiger charge is -2.27. The summed E-state index contributed by atoms with van der Waals surface area (Å²) < 4.78 is 22.0. The minimum atomic E-state index is -0.416. The predicted octanol–water partition coefficient (Wildman–Crippen LogP) is 5.00. The molecule has 0 saturated heterocycles. The van der Waals surface area contributed by atoms with E-state index in [4.69, 9.17) is 18.9 Å². The van der Waals surface area contributed by atoms with Gasteiger partial charge in [0, 0.05) is 42.0 Å². The maximum Gasteiger partial charge on any atom is 0.269 e. The van der Waals surface area contributed by atoms with Gasteiger partial charge in [-0.3, -0.25) is 20.4 Å². The molecule has 4 aromatic carbocycles. The first-order valence-corrected chi connectivity index (χ1v) is 12.9. The molecule has 0 atom stereocenters. The molecule has 0 fully saturated rings. The second-order valence-electron chi connectivity index (χ2n) is 9.06. The highest BCUT2D eigenvalue weighted by atomic mass is 16.5. The number of nitrogens with one attached hydrogen (secondary N) is 2. The summed E-state index contributed by atoms with van der Waals surface area (Å²) in [5.41, 5.74) is 8.67. The van der Waals surface area contributed by atoms with Crippen molar-refractivity contribution in [3.63, 3.8) is 0 Å². The van der Waals surface area contributed by atoms with Crippen LogP contribution >= 0.6 is 0 Å². The minimum absolute atomic E-state index is 0.393. The molecule has 2 amide bonds. The van der Waals surface area contributed by atoms with E-state index in [2.05, 4.69) is 15.8 Å². The standard InChI is InChI=1S/C32H33N3O6/c1-38-27-16-12-23(13-17-27)21-35(26-18-28(39-2)30(41-4)29(19-26)40-3)20-22-10-14-25(15-11-22)32(37)34-33-31(36)24-8-6-5-7-9-24/h5-19H,20-21H2,1-4H3,(H,33,36)(H,34,37).